The molecule has 1 unspecified atom stereocenters. The van der Waals surface area contributed by atoms with Crippen molar-refractivity contribution < 1.29 is 28.9 Å². The highest BCUT2D eigenvalue weighted by molar-refractivity contribution is 8.46. The Morgan fingerprint density at radius 1 is 0.947 bits per heavy atom. The normalized spacial score (nSPS) is 17.9. The quantitative estimate of drug-likeness (QED) is 0.568. The molecular formula is C11H15F5O2S. The van der Waals surface area contributed by atoms with E-state index in [0.717, 1.165) is 14.2 Å². The predicted molar refractivity (Wildman–Crippen MR) is 64.9 cm³/mol. The molecule has 0 aliphatic carbocycles. The molecule has 0 fully saturated rings. The number of rotatable bonds is 6. The first-order valence-electron chi connectivity index (χ1n) is 5.30. The Labute approximate surface area is 108 Å². The van der Waals surface area contributed by atoms with Gasteiger partial charge in [-0.05, 0) is 12.0 Å². The summed E-state index contributed by atoms with van der Waals surface area (Å²) in [6.45, 7) is 0. The van der Waals surface area contributed by atoms with Gasteiger partial charge in [-0.1, -0.05) is 49.8 Å². The van der Waals surface area contributed by atoms with E-state index in [9.17, 15) is 19.4 Å². The molecule has 19 heavy (non-hydrogen) atoms. The van der Waals surface area contributed by atoms with E-state index in [0.29, 0.717) is 0 Å². The number of hydrogen-bond donors (Lipinski definition) is 0. The molecule has 0 bridgehead atoms. The van der Waals surface area contributed by atoms with Gasteiger partial charge < -0.3 is 9.47 Å². The smallest absolute Gasteiger partial charge is 0.293 e. The third kappa shape index (κ3) is 4.63. The summed E-state index contributed by atoms with van der Waals surface area (Å²) in [6, 6.07) is 7.24. The van der Waals surface area contributed by atoms with Crippen LogP contribution in [0.3, 0.4) is 0 Å². The third-order valence-electron chi connectivity index (χ3n) is 2.62. The first-order valence-corrected chi connectivity index (χ1v) is 7.32. The molecule has 0 radical (unpaired) electrons. The molecule has 0 spiro atoms. The summed E-state index contributed by atoms with van der Waals surface area (Å²) < 4.78 is 73.9. The van der Waals surface area contributed by atoms with Crippen molar-refractivity contribution in [2.45, 2.75) is 18.0 Å². The SMILES string of the molecule is COC(OC)C(Cc1ccccc1)S(F)(F)(F)(F)F. The van der Waals surface area contributed by atoms with Gasteiger partial charge in [0.25, 0.3) is 10.2 Å². The molecule has 1 rings (SSSR count). The summed E-state index contributed by atoms with van der Waals surface area (Å²) in [7, 11) is -7.94. The van der Waals surface area contributed by atoms with Gasteiger partial charge in [0.2, 0.25) is 0 Å². The van der Waals surface area contributed by atoms with Gasteiger partial charge >= 0.3 is 0 Å². The van der Waals surface area contributed by atoms with Crippen molar-refractivity contribution in [3.63, 3.8) is 0 Å². The number of benzene rings is 1. The third-order valence-corrected chi connectivity index (χ3v) is 4.15. The summed E-state index contributed by atoms with van der Waals surface area (Å²) in [5, 5.41) is -2.99. The van der Waals surface area contributed by atoms with Crippen LogP contribution in [-0.2, 0) is 15.9 Å². The van der Waals surface area contributed by atoms with Crippen molar-refractivity contribution >= 4 is 10.2 Å². The standard InChI is InChI=1S/C11H15F5O2S/c1-17-11(18-2)10(19(12,13,14,15)16)8-9-6-4-3-5-7-9/h3-7,10-11H,8H2,1-2H3. The zero-order valence-electron chi connectivity index (χ0n) is 10.4. The summed E-state index contributed by atoms with van der Waals surface area (Å²) in [4.78, 5) is 0. The molecule has 8 heteroatoms. The van der Waals surface area contributed by atoms with Crippen LogP contribution in [0.4, 0.5) is 19.4 Å². The highest BCUT2D eigenvalue weighted by Crippen LogP contribution is 3.00. The Morgan fingerprint density at radius 2 is 1.42 bits per heavy atom. The minimum Gasteiger partial charge on any atom is -0.354 e. The van der Waals surface area contributed by atoms with E-state index in [-0.39, 0.29) is 5.56 Å². The fraction of sp³-hybridized carbons (Fsp3) is 0.455. The topological polar surface area (TPSA) is 18.5 Å². The van der Waals surface area contributed by atoms with Crippen molar-refractivity contribution in [3.05, 3.63) is 35.9 Å². The summed E-state index contributed by atoms with van der Waals surface area (Å²) in [5.41, 5.74) is 0.139. The molecule has 0 saturated heterocycles. The van der Waals surface area contributed by atoms with Gasteiger partial charge in [-0.3, -0.25) is 0 Å². The molecule has 0 N–H and O–H groups in total. The number of ether oxygens (including phenoxy) is 2. The second-order valence-corrected chi connectivity index (χ2v) is 6.76. The molecule has 1 aromatic carbocycles. The molecule has 2 nitrogen and oxygen atoms in total. The van der Waals surface area contributed by atoms with Crippen LogP contribution in [0.5, 0.6) is 0 Å². The van der Waals surface area contributed by atoms with E-state index < -0.39 is 28.2 Å². The minimum absolute atomic E-state index is 0.139. The number of hydrogen-bond acceptors (Lipinski definition) is 2. The van der Waals surface area contributed by atoms with Gasteiger partial charge in [0.05, 0.1) is 0 Å². The monoisotopic (exact) mass is 306 g/mol. The summed E-state index contributed by atoms with van der Waals surface area (Å²) >= 11 is 0. The summed E-state index contributed by atoms with van der Waals surface area (Å²) in [6.07, 6.45) is -2.94. The van der Waals surface area contributed by atoms with Gasteiger partial charge in [0, 0.05) is 14.2 Å². The van der Waals surface area contributed by atoms with E-state index in [1.54, 1.807) is 6.07 Å². The Morgan fingerprint density at radius 3 is 1.79 bits per heavy atom. The minimum atomic E-state index is -9.74. The fourth-order valence-corrected chi connectivity index (χ4v) is 2.86. The molecule has 0 saturated carbocycles. The highest BCUT2D eigenvalue weighted by Gasteiger charge is 2.72. The van der Waals surface area contributed by atoms with Crippen molar-refractivity contribution in [3.8, 4) is 0 Å². The van der Waals surface area contributed by atoms with Gasteiger partial charge in [-0.15, -0.1) is 0 Å². The number of methoxy groups -OCH3 is 2. The molecule has 1 atom stereocenters. The van der Waals surface area contributed by atoms with E-state index in [1.165, 1.54) is 24.3 Å². The van der Waals surface area contributed by atoms with Gasteiger partial charge in [-0.2, -0.15) is 0 Å². The molecular weight excluding hydrogens is 291 g/mol. The Hall–Kier alpha value is -0.860. The molecule has 0 aromatic heterocycles. The molecule has 112 valence electrons. The van der Waals surface area contributed by atoms with Crippen molar-refractivity contribution in [2.24, 2.45) is 0 Å². The Bertz CT molecular complexity index is 415. The van der Waals surface area contributed by atoms with Crippen LogP contribution in [0.1, 0.15) is 5.56 Å². The van der Waals surface area contributed by atoms with E-state index in [1.807, 2.05) is 0 Å². The van der Waals surface area contributed by atoms with Gasteiger partial charge in [-0.25, -0.2) is 0 Å². The zero-order chi connectivity index (χ0) is 14.8. The fourth-order valence-electron chi connectivity index (χ4n) is 1.71. The van der Waals surface area contributed by atoms with Crippen LogP contribution in [0.25, 0.3) is 0 Å². The number of halogens is 5. The van der Waals surface area contributed by atoms with E-state index in [2.05, 4.69) is 9.47 Å². The lowest BCUT2D eigenvalue weighted by Gasteiger charge is -2.48. The average Bonchev–Trinajstić information content (AvgIpc) is 2.28. The highest BCUT2D eigenvalue weighted by atomic mass is 32.5. The Kier molecular flexibility index (Phi) is 3.92. The maximum atomic E-state index is 13.0. The second kappa shape index (κ2) is 4.60. The largest absolute Gasteiger partial charge is 0.354 e. The molecule has 0 aliphatic rings. The van der Waals surface area contributed by atoms with Crippen LogP contribution in [-0.4, -0.2) is 25.8 Å². The van der Waals surface area contributed by atoms with Crippen LogP contribution >= 0.6 is 10.2 Å². The summed E-state index contributed by atoms with van der Waals surface area (Å²) in [5.74, 6) is 0. The maximum absolute atomic E-state index is 13.0. The zero-order valence-corrected chi connectivity index (χ0v) is 11.2. The first kappa shape index (κ1) is 16.2. The second-order valence-electron chi connectivity index (χ2n) is 4.10. The van der Waals surface area contributed by atoms with Crippen molar-refractivity contribution in [1.82, 2.24) is 0 Å². The first-order chi connectivity index (χ1) is 8.47. The predicted octanol–water partition coefficient (Wildman–Crippen LogP) is 4.52. The lowest BCUT2D eigenvalue weighted by atomic mass is 10.1. The van der Waals surface area contributed by atoms with Gasteiger partial charge in [0.1, 0.15) is 0 Å². The maximum Gasteiger partial charge on any atom is 0.293 e. The van der Waals surface area contributed by atoms with Crippen molar-refractivity contribution in [2.75, 3.05) is 14.2 Å². The van der Waals surface area contributed by atoms with Crippen LogP contribution in [0.15, 0.2) is 30.3 Å². The van der Waals surface area contributed by atoms with E-state index >= 15 is 0 Å². The molecule has 0 aliphatic heterocycles. The van der Waals surface area contributed by atoms with Crippen LogP contribution < -0.4 is 0 Å². The molecule has 0 heterocycles. The molecule has 0 amide bonds. The Balaban J connectivity index is 3.15. The van der Waals surface area contributed by atoms with Crippen LogP contribution in [0.2, 0.25) is 0 Å². The van der Waals surface area contributed by atoms with Crippen molar-refractivity contribution in [1.29, 1.82) is 0 Å². The van der Waals surface area contributed by atoms with Crippen LogP contribution in [0, 0.1) is 0 Å². The molecule has 1 aromatic rings. The average molecular weight is 306 g/mol. The lowest BCUT2D eigenvalue weighted by Crippen LogP contribution is -2.40. The van der Waals surface area contributed by atoms with Gasteiger partial charge in [0.15, 0.2) is 11.5 Å². The lowest BCUT2D eigenvalue weighted by molar-refractivity contribution is -0.108. The van der Waals surface area contributed by atoms with E-state index in [4.69, 9.17) is 0 Å².